The van der Waals surface area contributed by atoms with E-state index in [1.54, 1.807) is 15.6 Å². The summed E-state index contributed by atoms with van der Waals surface area (Å²) in [5.74, 6) is 0.560. The van der Waals surface area contributed by atoms with Crippen LogP contribution in [0.5, 0.6) is 5.75 Å². The minimum Gasteiger partial charge on any atom is -0.491 e. The molecule has 0 spiro atoms. The molecule has 154 valence electrons. The number of amides is 2. The number of hydrogen-bond donors (Lipinski definition) is 1. The number of hydrogen-bond acceptors (Lipinski definition) is 6. The Labute approximate surface area is 169 Å². The van der Waals surface area contributed by atoms with Gasteiger partial charge in [0.1, 0.15) is 12.4 Å². The number of benzene rings is 1. The average molecular weight is 399 g/mol. The Hall–Kier alpha value is -2.94. The van der Waals surface area contributed by atoms with Gasteiger partial charge in [0.25, 0.3) is 5.91 Å². The lowest BCUT2D eigenvalue weighted by Crippen LogP contribution is -2.49. The molecule has 2 aliphatic rings. The monoisotopic (exact) mass is 399 g/mol. The van der Waals surface area contributed by atoms with Gasteiger partial charge in [-0.05, 0) is 24.6 Å². The number of morpholine rings is 1. The van der Waals surface area contributed by atoms with Crippen molar-refractivity contribution in [1.29, 1.82) is 0 Å². The van der Waals surface area contributed by atoms with Crippen molar-refractivity contribution in [3.63, 3.8) is 0 Å². The molecule has 0 saturated carbocycles. The van der Waals surface area contributed by atoms with E-state index in [2.05, 4.69) is 15.6 Å². The first kappa shape index (κ1) is 19.4. The van der Waals surface area contributed by atoms with Crippen LogP contribution in [0.15, 0.2) is 24.4 Å². The lowest BCUT2D eigenvalue weighted by atomic mass is 10.1. The summed E-state index contributed by atoms with van der Waals surface area (Å²) in [5, 5.41) is 11.1. The van der Waals surface area contributed by atoms with Crippen LogP contribution in [0.2, 0.25) is 0 Å². The summed E-state index contributed by atoms with van der Waals surface area (Å²) in [6, 6.07) is 5.51. The number of carbonyl (C=O) groups excluding carboxylic acids is 2. The Morgan fingerprint density at radius 3 is 2.97 bits per heavy atom. The third-order valence-electron chi connectivity index (χ3n) is 5.16. The van der Waals surface area contributed by atoms with Crippen LogP contribution in [-0.4, -0.2) is 70.7 Å². The van der Waals surface area contributed by atoms with E-state index in [1.807, 2.05) is 25.3 Å². The number of aryl methyl sites for hydroxylation is 2. The highest BCUT2D eigenvalue weighted by atomic mass is 16.5. The summed E-state index contributed by atoms with van der Waals surface area (Å²) in [6.07, 6.45) is 2.45. The standard InChI is InChI=1S/C20H25N5O4/c1-14-2-3-15-10-18(14)29-9-7-25-12-16(22-23-25)4-5-19(26)21-11-17-13-24(20(15)27)6-8-28-17/h2-3,10,12,17H,4-9,11,13H2,1H3,(H,21,26). The number of rotatable bonds is 0. The quantitative estimate of drug-likeness (QED) is 0.695. The van der Waals surface area contributed by atoms with Crippen molar-refractivity contribution in [2.24, 2.45) is 0 Å². The van der Waals surface area contributed by atoms with Crippen molar-refractivity contribution in [3.05, 3.63) is 41.2 Å². The number of nitrogens with one attached hydrogen (secondary N) is 1. The van der Waals surface area contributed by atoms with Crippen LogP contribution in [0.3, 0.4) is 0 Å². The fraction of sp³-hybridized carbons (Fsp3) is 0.500. The molecule has 1 fully saturated rings. The largest absolute Gasteiger partial charge is 0.491 e. The summed E-state index contributed by atoms with van der Waals surface area (Å²) < 4.78 is 13.3. The Morgan fingerprint density at radius 1 is 1.17 bits per heavy atom. The lowest BCUT2D eigenvalue weighted by molar-refractivity contribution is -0.122. The van der Waals surface area contributed by atoms with Crippen molar-refractivity contribution in [3.8, 4) is 5.75 Å². The van der Waals surface area contributed by atoms with Crippen molar-refractivity contribution in [1.82, 2.24) is 25.2 Å². The van der Waals surface area contributed by atoms with Crippen molar-refractivity contribution in [2.75, 3.05) is 32.8 Å². The maximum atomic E-state index is 13.0. The second-order valence-electron chi connectivity index (χ2n) is 7.35. The molecule has 6 bridgehead atoms. The molecule has 29 heavy (non-hydrogen) atoms. The number of fused-ring (bicyclic) bond motifs is 6. The molecular weight excluding hydrogens is 374 g/mol. The van der Waals surface area contributed by atoms with Crippen LogP contribution in [0.1, 0.15) is 28.0 Å². The Kier molecular flexibility index (Phi) is 5.75. The molecule has 1 atom stereocenters. The zero-order valence-electron chi connectivity index (χ0n) is 16.5. The van der Waals surface area contributed by atoms with E-state index in [4.69, 9.17) is 9.47 Å². The fourth-order valence-electron chi connectivity index (χ4n) is 3.47. The molecule has 2 aliphatic heterocycles. The highest BCUT2D eigenvalue weighted by Crippen LogP contribution is 2.21. The molecule has 2 amide bonds. The number of carbonyl (C=O) groups is 2. The zero-order chi connectivity index (χ0) is 20.2. The van der Waals surface area contributed by atoms with Crippen LogP contribution >= 0.6 is 0 Å². The van der Waals surface area contributed by atoms with Gasteiger partial charge in [0, 0.05) is 44.2 Å². The van der Waals surface area contributed by atoms with Gasteiger partial charge in [-0.25, -0.2) is 4.68 Å². The summed E-state index contributed by atoms with van der Waals surface area (Å²) in [4.78, 5) is 26.9. The lowest BCUT2D eigenvalue weighted by Gasteiger charge is -2.33. The van der Waals surface area contributed by atoms with E-state index in [9.17, 15) is 9.59 Å². The van der Waals surface area contributed by atoms with Crippen molar-refractivity contribution >= 4 is 11.8 Å². The number of aromatic nitrogens is 3. The molecule has 1 aromatic carbocycles. The zero-order valence-corrected chi connectivity index (χ0v) is 16.5. The van der Waals surface area contributed by atoms with Gasteiger partial charge < -0.3 is 19.7 Å². The third-order valence-corrected chi connectivity index (χ3v) is 5.16. The van der Waals surface area contributed by atoms with Crippen molar-refractivity contribution < 1.29 is 19.1 Å². The first-order valence-corrected chi connectivity index (χ1v) is 9.88. The summed E-state index contributed by atoms with van der Waals surface area (Å²) in [7, 11) is 0. The maximum absolute atomic E-state index is 13.0. The van der Waals surface area contributed by atoms with E-state index in [0.29, 0.717) is 63.5 Å². The van der Waals surface area contributed by atoms with E-state index in [-0.39, 0.29) is 17.9 Å². The van der Waals surface area contributed by atoms with Crippen LogP contribution in [0, 0.1) is 6.92 Å². The number of nitrogens with zero attached hydrogens (tertiary/aromatic N) is 4. The predicted octanol–water partition coefficient (Wildman–Crippen LogP) is 0.569. The van der Waals surface area contributed by atoms with E-state index in [0.717, 1.165) is 11.3 Å². The second kappa shape index (κ2) is 8.60. The highest BCUT2D eigenvalue weighted by Gasteiger charge is 2.26. The van der Waals surface area contributed by atoms with Gasteiger partial charge in [0.15, 0.2) is 0 Å². The summed E-state index contributed by atoms with van der Waals surface area (Å²) in [6.45, 7) is 4.68. The molecule has 1 aromatic heterocycles. The molecule has 1 saturated heterocycles. The van der Waals surface area contributed by atoms with Gasteiger partial charge in [-0.3, -0.25) is 9.59 Å². The van der Waals surface area contributed by atoms with Gasteiger partial charge in [0.05, 0.1) is 24.9 Å². The molecule has 0 aliphatic carbocycles. The van der Waals surface area contributed by atoms with Gasteiger partial charge in [-0.1, -0.05) is 11.3 Å². The number of ether oxygens (including phenoxy) is 2. The molecule has 1 N–H and O–H groups in total. The Morgan fingerprint density at radius 2 is 2.07 bits per heavy atom. The SMILES string of the molecule is Cc1ccc2cc1OCCn1cc(nn1)CCC(=O)NCC1CN(CCO1)C2=O. The topological polar surface area (TPSA) is 98.6 Å². The fourth-order valence-corrected chi connectivity index (χ4v) is 3.47. The molecular formula is C20H25N5O4. The first-order valence-electron chi connectivity index (χ1n) is 9.88. The second-order valence-corrected chi connectivity index (χ2v) is 7.35. The molecule has 1 unspecified atom stereocenters. The minimum atomic E-state index is -0.224. The molecule has 9 nitrogen and oxygen atoms in total. The molecule has 9 heteroatoms. The van der Waals surface area contributed by atoms with E-state index < -0.39 is 0 Å². The first-order chi connectivity index (χ1) is 14.1. The van der Waals surface area contributed by atoms with Crippen molar-refractivity contribution in [2.45, 2.75) is 32.4 Å². The summed E-state index contributed by atoms with van der Waals surface area (Å²) in [5.41, 5.74) is 2.32. The average Bonchev–Trinajstić information content (AvgIpc) is 3.19. The van der Waals surface area contributed by atoms with Gasteiger partial charge in [0.2, 0.25) is 5.91 Å². The third kappa shape index (κ3) is 4.73. The van der Waals surface area contributed by atoms with Crippen LogP contribution in [-0.2, 0) is 22.5 Å². The van der Waals surface area contributed by atoms with Gasteiger partial charge >= 0.3 is 0 Å². The minimum absolute atomic E-state index is 0.0588. The van der Waals surface area contributed by atoms with Crippen LogP contribution in [0.4, 0.5) is 0 Å². The van der Waals surface area contributed by atoms with E-state index >= 15 is 0 Å². The Balaban J connectivity index is 1.56. The van der Waals surface area contributed by atoms with Gasteiger partial charge in [-0.2, -0.15) is 0 Å². The molecule has 2 aromatic rings. The normalized spacial score (nSPS) is 21.0. The molecule has 0 radical (unpaired) electrons. The molecule has 4 rings (SSSR count). The smallest absolute Gasteiger partial charge is 0.254 e. The molecule has 3 heterocycles. The van der Waals surface area contributed by atoms with Crippen LogP contribution in [0.25, 0.3) is 0 Å². The summed E-state index contributed by atoms with van der Waals surface area (Å²) >= 11 is 0. The predicted molar refractivity (Wildman–Crippen MR) is 104 cm³/mol. The maximum Gasteiger partial charge on any atom is 0.254 e. The van der Waals surface area contributed by atoms with Gasteiger partial charge in [-0.15, -0.1) is 5.10 Å². The highest BCUT2D eigenvalue weighted by molar-refractivity contribution is 5.94. The Bertz CT molecular complexity index is 897. The van der Waals surface area contributed by atoms with E-state index in [1.165, 1.54) is 0 Å². The van der Waals surface area contributed by atoms with Crippen LogP contribution < -0.4 is 10.1 Å².